The Morgan fingerprint density at radius 1 is 1.47 bits per heavy atom. The molecule has 106 valence electrons. The number of nitro groups is 1. The maximum absolute atomic E-state index is 12.1. The van der Waals surface area contributed by atoms with Crippen LogP contribution in [0, 0.1) is 10.1 Å². The number of benzene rings is 1. The molecule has 0 heterocycles. The highest BCUT2D eigenvalue weighted by Crippen LogP contribution is 2.27. The lowest BCUT2D eigenvalue weighted by Gasteiger charge is -2.23. The fourth-order valence-electron chi connectivity index (χ4n) is 1.27. The van der Waals surface area contributed by atoms with Crippen LogP contribution in [-0.4, -0.2) is 25.4 Å². The molecular formula is C10H14BrN3O4S. The fraction of sp³-hybridized carbons (Fsp3) is 0.400. The third kappa shape index (κ3) is 3.96. The van der Waals surface area contributed by atoms with Crippen molar-refractivity contribution in [3.05, 3.63) is 32.8 Å². The van der Waals surface area contributed by atoms with Crippen LogP contribution in [0.4, 0.5) is 5.69 Å². The Morgan fingerprint density at radius 3 is 2.47 bits per heavy atom. The number of sulfonamides is 1. The minimum Gasteiger partial charge on any atom is -0.329 e. The van der Waals surface area contributed by atoms with Crippen molar-refractivity contribution in [2.75, 3.05) is 6.54 Å². The number of rotatable bonds is 5. The number of hydrogen-bond donors (Lipinski definition) is 2. The smallest absolute Gasteiger partial charge is 0.283 e. The summed E-state index contributed by atoms with van der Waals surface area (Å²) in [6.07, 6.45) is 0. The zero-order chi connectivity index (χ0) is 14.8. The minimum absolute atomic E-state index is 0.0634. The average Bonchev–Trinajstić information content (AvgIpc) is 2.27. The van der Waals surface area contributed by atoms with Crippen LogP contribution >= 0.6 is 15.9 Å². The van der Waals surface area contributed by atoms with Gasteiger partial charge in [0.25, 0.3) is 5.69 Å². The van der Waals surface area contributed by atoms with Crippen molar-refractivity contribution in [1.29, 1.82) is 0 Å². The Balaban J connectivity index is 3.17. The second-order valence-corrected chi connectivity index (χ2v) is 7.10. The molecule has 1 rings (SSSR count). The molecule has 1 aromatic carbocycles. The van der Waals surface area contributed by atoms with Crippen molar-refractivity contribution in [3.8, 4) is 0 Å². The van der Waals surface area contributed by atoms with E-state index < -0.39 is 20.5 Å². The Morgan fingerprint density at radius 2 is 2.05 bits per heavy atom. The third-order valence-corrected chi connectivity index (χ3v) is 4.68. The van der Waals surface area contributed by atoms with Crippen LogP contribution in [0.1, 0.15) is 13.8 Å². The van der Waals surface area contributed by atoms with Gasteiger partial charge in [-0.25, -0.2) is 13.1 Å². The van der Waals surface area contributed by atoms with Gasteiger partial charge < -0.3 is 5.73 Å². The van der Waals surface area contributed by atoms with E-state index in [0.717, 1.165) is 6.07 Å². The van der Waals surface area contributed by atoms with Gasteiger partial charge in [-0.2, -0.15) is 0 Å². The van der Waals surface area contributed by atoms with Gasteiger partial charge in [-0.15, -0.1) is 0 Å². The maximum Gasteiger partial charge on any atom is 0.283 e. The van der Waals surface area contributed by atoms with E-state index in [1.54, 1.807) is 13.8 Å². The van der Waals surface area contributed by atoms with Gasteiger partial charge in [-0.1, -0.05) is 0 Å². The summed E-state index contributed by atoms with van der Waals surface area (Å²) >= 11 is 2.98. The van der Waals surface area contributed by atoms with Gasteiger partial charge in [0.15, 0.2) is 0 Å². The van der Waals surface area contributed by atoms with E-state index in [9.17, 15) is 18.5 Å². The monoisotopic (exact) mass is 351 g/mol. The van der Waals surface area contributed by atoms with Gasteiger partial charge in [-0.05, 0) is 41.9 Å². The van der Waals surface area contributed by atoms with Crippen LogP contribution in [0.5, 0.6) is 0 Å². The molecule has 0 radical (unpaired) electrons. The highest BCUT2D eigenvalue weighted by molar-refractivity contribution is 9.10. The standard InChI is InChI=1S/C10H14BrN3O4S/c1-10(2,6-12)13-19(17,18)7-3-4-9(14(15)16)8(11)5-7/h3-5,13H,6,12H2,1-2H3. The van der Waals surface area contributed by atoms with Gasteiger partial charge in [0, 0.05) is 18.2 Å². The molecule has 0 atom stereocenters. The predicted octanol–water partition coefficient (Wildman–Crippen LogP) is 1.37. The SMILES string of the molecule is CC(C)(CN)NS(=O)(=O)c1ccc([N+](=O)[O-])c(Br)c1. The van der Waals surface area contributed by atoms with Crippen LogP contribution in [0.2, 0.25) is 0 Å². The van der Waals surface area contributed by atoms with Crippen LogP contribution in [0.15, 0.2) is 27.6 Å². The Labute approximate surface area is 119 Å². The molecular weight excluding hydrogens is 338 g/mol. The largest absolute Gasteiger partial charge is 0.329 e. The lowest BCUT2D eigenvalue weighted by atomic mass is 10.1. The lowest BCUT2D eigenvalue weighted by molar-refractivity contribution is -0.385. The summed E-state index contributed by atoms with van der Waals surface area (Å²) < 4.78 is 26.7. The summed E-state index contributed by atoms with van der Waals surface area (Å²) in [5.41, 5.74) is 4.46. The first-order valence-corrected chi connectivity index (χ1v) is 7.55. The molecule has 9 heteroatoms. The molecule has 0 unspecified atom stereocenters. The van der Waals surface area contributed by atoms with Crippen LogP contribution in [-0.2, 0) is 10.0 Å². The summed E-state index contributed by atoms with van der Waals surface area (Å²) in [4.78, 5) is 9.99. The molecule has 0 bridgehead atoms. The van der Waals surface area contributed by atoms with Crippen molar-refractivity contribution in [2.45, 2.75) is 24.3 Å². The Hall–Kier alpha value is -1.03. The minimum atomic E-state index is -3.78. The second-order valence-electron chi connectivity index (χ2n) is 4.56. The van der Waals surface area contributed by atoms with Crippen molar-refractivity contribution in [3.63, 3.8) is 0 Å². The summed E-state index contributed by atoms with van der Waals surface area (Å²) in [7, 11) is -3.78. The maximum atomic E-state index is 12.1. The molecule has 0 saturated heterocycles. The van der Waals surface area contributed by atoms with Gasteiger partial charge in [0.2, 0.25) is 10.0 Å². The molecule has 0 spiro atoms. The molecule has 19 heavy (non-hydrogen) atoms. The number of nitrogens with zero attached hydrogens (tertiary/aromatic N) is 1. The van der Waals surface area contributed by atoms with Crippen LogP contribution in [0.3, 0.4) is 0 Å². The van der Waals surface area contributed by atoms with Crippen molar-refractivity contribution in [2.24, 2.45) is 5.73 Å². The van der Waals surface area contributed by atoms with Crippen LogP contribution < -0.4 is 10.5 Å². The second kappa shape index (κ2) is 5.53. The average molecular weight is 352 g/mol. The van der Waals surface area contributed by atoms with Crippen molar-refractivity contribution in [1.82, 2.24) is 4.72 Å². The highest BCUT2D eigenvalue weighted by atomic mass is 79.9. The van der Waals surface area contributed by atoms with E-state index in [2.05, 4.69) is 20.7 Å². The van der Waals surface area contributed by atoms with Gasteiger partial charge >= 0.3 is 0 Å². The third-order valence-electron chi connectivity index (χ3n) is 2.35. The van der Waals surface area contributed by atoms with Crippen molar-refractivity contribution >= 4 is 31.6 Å². The van der Waals surface area contributed by atoms with Gasteiger partial charge in [-0.3, -0.25) is 10.1 Å². The van der Waals surface area contributed by atoms with Crippen LogP contribution in [0.25, 0.3) is 0 Å². The van der Waals surface area contributed by atoms with E-state index in [1.165, 1.54) is 12.1 Å². The molecule has 0 aliphatic rings. The fourth-order valence-corrected chi connectivity index (χ4v) is 3.39. The lowest BCUT2D eigenvalue weighted by Crippen LogP contribution is -2.48. The summed E-state index contributed by atoms with van der Waals surface area (Å²) in [6.45, 7) is 3.41. The van der Waals surface area contributed by atoms with E-state index >= 15 is 0 Å². The van der Waals surface area contributed by atoms with Gasteiger partial charge in [0.1, 0.15) is 0 Å². The molecule has 0 fully saturated rings. The van der Waals surface area contributed by atoms with E-state index in [1.807, 2.05) is 0 Å². The highest BCUT2D eigenvalue weighted by Gasteiger charge is 2.26. The zero-order valence-corrected chi connectivity index (χ0v) is 12.8. The van der Waals surface area contributed by atoms with E-state index in [-0.39, 0.29) is 21.6 Å². The number of nitrogens with two attached hydrogens (primary N) is 1. The van der Waals surface area contributed by atoms with Crippen molar-refractivity contribution < 1.29 is 13.3 Å². The molecule has 0 aromatic heterocycles. The number of halogens is 1. The summed E-state index contributed by atoms with van der Waals surface area (Å²) in [5.74, 6) is 0. The van der Waals surface area contributed by atoms with E-state index in [0.29, 0.717) is 0 Å². The molecule has 0 aliphatic carbocycles. The number of nitrogens with one attached hydrogen (secondary N) is 1. The normalized spacial score (nSPS) is 12.4. The molecule has 7 nitrogen and oxygen atoms in total. The molecule has 0 aliphatic heterocycles. The summed E-state index contributed by atoms with van der Waals surface area (Å²) in [6, 6.07) is 3.50. The first-order chi connectivity index (χ1) is 8.59. The summed E-state index contributed by atoms with van der Waals surface area (Å²) in [5, 5.41) is 10.7. The molecule has 0 amide bonds. The quantitative estimate of drug-likeness (QED) is 0.613. The van der Waals surface area contributed by atoms with Gasteiger partial charge in [0.05, 0.1) is 14.3 Å². The number of hydrogen-bond acceptors (Lipinski definition) is 5. The first kappa shape index (κ1) is 16.0. The first-order valence-electron chi connectivity index (χ1n) is 5.27. The predicted molar refractivity (Wildman–Crippen MR) is 74.3 cm³/mol. The molecule has 1 aromatic rings. The molecule has 0 saturated carbocycles. The topological polar surface area (TPSA) is 115 Å². The molecule has 3 N–H and O–H groups in total. The zero-order valence-electron chi connectivity index (χ0n) is 10.4. The Bertz CT molecular complexity index is 601. The Kier molecular flexibility index (Phi) is 4.67. The number of nitro benzene ring substituents is 1. The van der Waals surface area contributed by atoms with E-state index in [4.69, 9.17) is 5.73 Å².